The molecule has 30 heavy (non-hydrogen) atoms. The minimum absolute atomic E-state index is 0.0556. The molecule has 2 aliphatic heterocycles. The van der Waals surface area contributed by atoms with Gasteiger partial charge in [-0.25, -0.2) is 9.37 Å². The van der Waals surface area contributed by atoms with Crippen LogP contribution in [-0.4, -0.2) is 49.5 Å². The van der Waals surface area contributed by atoms with Crippen LogP contribution in [0.5, 0.6) is 5.88 Å². The van der Waals surface area contributed by atoms with Gasteiger partial charge in [0.25, 0.3) is 5.91 Å². The van der Waals surface area contributed by atoms with Crippen LogP contribution >= 0.6 is 0 Å². The lowest BCUT2D eigenvalue weighted by atomic mass is 9.90. The van der Waals surface area contributed by atoms with Gasteiger partial charge in [-0.15, -0.1) is 0 Å². The minimum atomic E-state index is -0.385. The molecule has 2 saturated heterocycles. The fraction of sp³-hybridized carbons (Fsp3) is 0.455. The second kappa shape index (κ2) is 7.66. The second-order valence-corrected chi connectivity index (χ2v) is 8.29. The molecule has 3 aliphatic rings. The normalized spacial score (nSPS) is 27.7. The van der Waals surface area contributed by atoms with Gasteiger partial charge in [-0.3, -0.25) is 4.79 Å². The molecule has 7 nitrogen and oxygen atoms in total. The van der Waals surface area contributed by atoms with Crippen molar-refractivity contribution in [1.82, 2.24) is 24.9 Å². The largest absolute Gasteiger partial charge is 0.477 e. The first-order valence-electron chi connectivity index (χ1n) is 10.5. The summed E-state index contributed by atoms with van der Waals surface area (Å²) in [6.45, 7) is 2.57. The van der Waals surface area contributed by atoms with Gasteiger partial charge in [0.2, 0.25) is 5.88 Å². The Morgan fingerprint density at radius 3 is 2.87 bits per heavy atom. The highest BCUT2D eigenvalue weighted by atomic mass is 19.1. The van der Waals surface area contributed by atoms with Crippen molar-refractivity contribution in [2.75, 3.05) is 6.61 Å². The van der Waals surface area contributed by atoms with Gasteiger partial charge in [-0.1, -0.05) is 19.1 Å². The fourth-order valence-electron chi connectivity index (χ4n) is 5.07. The summed E-state index contributed by atoms with van der Waals surface area (Å²) in [5, 5.41) is 8.55. The van der Waals surface area contributed by atoms with Crippen molar-refractivity contribution in [3.63, 3.8) is 0 Å². The molecule has 8 heteroatoms. The molecule has 1 amide bonds. The van der Waals surface area contributed by atoms with E-state index in [1.807, 2.05) is 11.0 Å². The van der Waals surface area contributed by atoms with Crippen molar-refractivity contribution in [1.29, 1.82) is 0 Å². The number of allylic oxidation sites excluding steroid dienone is 2. The Morgan fingerprint density at radius 1 is 1.27 bits per heavy atom. The molecule has 5 rings (SSSR count). The van der Waals surface area contributed by atoms with E-state index in [0.717, 1.165) is 37.6 Å². The van der Waals surface area contributed by atoms with Gasteiger partial charge in [0, 0.05) is 30.0 Å². The minimum Gasteiger partial charge on any atom is -0.477 e. The van der Waals surface area contributed by atoms with Crippen LogP contribution in [0.3, 0.4) is 0 Å². The van der Waals surface area contributed by atoms with Crippen LogP contribution in [0.15, 0.2) is 48.4 Å². The number of pyridine rings is 1. The van der Waals surface area contributed by atoms with Crippen molar-refractivity contribution >= 4 is 11.6 Å². The number of halogens is 1. The standard InChI is InChI=1S/C22H24FN5O2/c1-14-3-2-4-18(21(14)28-25-9-10-26-28)22(29)27-17-6-7-19(27)15(11-17)13-30-20-8-5-16(23)12-24-20/h2,4-5,8-10,12,14-15,17,19H,3,6-7,11,13H2,1H3. The van der Waals surface area contributed by atoms with E-state index in [0.29, 0.717) is 18.1 Å². The van der Waals surface area contributed by atoms with Crippen molar-refractivity contribution in [3.05, 3.63) is 54.3 Å². The average Bonchev–Trinajstić information content (AvgIpc) is 3.49. The molecule has 0 saturated carbocycles. The molecule has 2 bridgehead atoms. The fourth-order valence-corrected chi connectivity index (χ4v) is 5.07. The molecule has 2 aromatic heterocycles. The topological polar surface area (TPSA) is 73.1 Å². The van der Waals surface area contributed by atoms with E-state index >= 15 is 0 Å². The van der Waals surface area contributed by atoms with Gasteiger partial charge in [-0.2, -0.15) is 15.0 Å². The summed E-state index contributed by atoms with van der Waals surface area (Å²) in [6.07, 6.45) is 12.2. The first kappa shape index (κ1) is 19.0. The van der Waals surface area contributed by atoms with Crippen LogP contribution in [0.4, 0.5) is 4.39 Å². The first-order chi connectivity index (χ1) is 14.6. The molecule has 156 valence electrons. The number of nitrogens with zero attached hydrogens (tertiary/aromatic N) is 5. The average molecular weight is 409 g/mol. The smallest absolute Gasteiger partial charge is 0.256 e. The third kappa shape index (κ3) is 3.30. The zero-order valence-corrected chi connectivity index (χ0v) is 16.8. The van der Waals surface area contributed by atoms with Crippen LogP contribution in [0, 0.1) is 17.7 Å². The number of ether oxygens (including phenoxy) is 1. The predicted molar refractivity (Wildman–Crippen MR) is 108 cm³/mol. The molecule has 0 aromatic carbocycles. The molecular formula is C22H24FN5O2. The van der Waals surface area contributed by atoms with Gasteiger partial charge < -0.3 is 9.64 Å². The molecule has 4 unspecified atom stereocenters. The summed E-state index contributed by atoms with van der Waals surface area (Å²) >= 11 is 0. The van der Waals surface area contributed by atoms with Crippen LogP contribution in [-0.2, 0) is 4.79 Å². The summed E-state index contributed by atoms with van der Waals surface area (Å²) in [6, 6.07) is 3.25. The van der Waals surface area contributed by atoms with Crippen molar-refractivity contribution in [2.45, 2.75) is 44.7 Å². The number of rotatable bonds is 5. The predicted octanol–water partition coefficient (Wildman–Crippen LogP) is 3.08. The SMILES string of the molecule is CC1CC=CC(C(=O)N2C3CCC2C(COc2ccc(F)cn2)C3)=C1n1nccn1. The third-order valence-corrected chi connectivity index (χ3v) is 6.43. The van der Waals surface area contributed by atoms with E-state index in [4.69, 9.17) is 4.74 Å². The molecule has 4 atom stereocenters. The number of fused-ring (bicyclic) bond motifs is 2. The lowest BCUT2D eigenvalue weighted by Gasteiger charge is -2.28. The van der Waals surface area contributed by atoms with Crippen molar-refractivity contribution in [3.8, 4) is 5.88 Å². The lowest BCUT2D eigenvalue weighted by molar-refractivity contribution is -0.128. The quantitative estimate of drug-likeness (QED) is 0.759. The number of hydrogen-bond acceptors (Lipinski definition) is 5. The number of hydrogen-bond donors (Lipinski definition) is 0. The van der Waals surface area contributed by atoms with Crippen molar-refractivity contribution < 1.29 is 13.9 Å². The van der Waals surface area contributed by atoms with Crippen LogP contribution in [0.2, 0.25) is 0 Å². The summed E-state index contributed by atoms with van der Waals surface area (Å²) in [5.74, 6) is 0.502. The van der Waals surface area contributed by atoms with Gasteiger partial charge in [0.05, 0.1) is 36.5 Å². The maximum absolute atomic E-state index is 13.6. The zero-order valence-electron chi connectivity index (χ0n) is 16.8. The van der Waals surface area contributed by atoms with Crippen LogP contribution < -0.4 is 4.74 Å². The molecular weight excluding hydrogens is 385 g/mol. The number of carbonyl (C=O) groups is 1. The maximum atomic E-state index is 13.6. The molecule has 0 N–H and O–H groups in total. The molecule has 0 spiro atoms. The molecule has 0 radical (unpaired) electrons. The number of aromatic nitrogens is 4. The zero-order chi connectivity index (χ0) is 20.7. The maximum Gasteiger partial charge on any atom is 0.256 e. The number of amides is 1. The van der Waals surface area contributed by atoms with Gasteiger partial charge >= 0.3 is 0 Å². The molecule has 2 fully saturated rings. The van der Waals surface area contributed by atoms with Crippen LogP contribution in [0.25, 0.3) is 5.70 Å². The van der Waals surface area contributed by atoms with E-state index in [9.17, 15) is 9.18 Å². The lowest BCUT2D eigenvalue weighted by Crippen LogP contribution is -2.39. The van der Waals surface area contributed by atoms with Gasteiger partial charge in [0.15, 0.2) is 0 Å². The van der Waals surface area contributed by atoms with Crippen molar-refractivity contribution in [2.24, 2.45) is 11.8 Å². The van der Waals surface area contributed by atoms with Gasteiger partial charge in [-0.05, 0) is 31.7 Å². The monoisotopic (exact) mass is 409 g/mol. The van der Waals surface area contributed by atoms with Crippen LogP contribution in [0.1, 0.15) is 32.6 Å². The van der Waals surface area contributed by atoms with E-state index in [1.165, 1.54) is 12.1 Å². The Kier molecular flexibility index (Phi) is 4.84. The molecule has 2 aromatic rings. The Morgan fingerprint density at radius 2 is 2.10 bits per heavy atom. The highest BCUT2D eigenvalue weighted by Gasteiger charge is 2.49. The van der Waals surface area contributed by atoms with E-state index in [2.05, 4.69) is 28.2 Å². The third-order valence-electron chi connectivity index (χ3n) is 6.43. The van der Waals surface area contributed by atoms with E-state index in [1.54, 1.807) is 17.2 Å². The Bertz CT molecular complexity index is 985. The Labute approximate surface area is 174 Å². The summed E-state index contributed by atoms with van der Waals surface area (Å²) in [4.78, 5) is 21.2. The number of carbonyl (C=O) groups excluding carboxylic acids is 1. The van der Waals surface area contributed by atoms with E-state index in [-0.39, 0.29) is 35.6 Å². The Hall–Kier alpha value is -3.03. The first-order valence-corrected chi connectivity index (χ1v) is 10.5. The Balaban J connectivity index is 1.35. The van der Waals surface area contributed by atoms with Gasteiger partial charge in [0.1, 0.15) is 5.82 Å². The molecule has 4 heterocycles. The summed E-state index contributed by atoms with van der Waals surface area (Å²) in [5.41, 5.74) is 1.55. The summed E-state index contributed by atoms with van der Waals surface area (Å²) in [7, 11) is 0. The molecule has 1 aliphatic carbocycles. The highest BCUT2D eigenvalue weighted by Crippen LogP contribution is 2.43. The van der Waals surface area contributed by atoms with E-state index < -0.39 is 0 Å². The second-order valence-electron chi connectivity index (χ2n) is 8.29. The highest BCUT2D eigenvalue weighted by molar-refractivity contribution is 6.02. The summed E-state index contributed by atoms with van der Waals surface area (Å²) < 4.78 is 18.8.